The summed E-state index contributed by atoms with van der Waals surface area (Å²) in [6, 6.07) is 11.4. The normalized spacial score (nSPS) is 10.0. The average molecular weight is 365 g/mol. The molecule has 2 N–H and O–H groups in total. The highest BCUT2D eigenvalue weighted by atomic mass is 16.5. The summed E-state index contributed by atoms with van der Waals surface area (Å²) >= 11 is 0. The Labute approximate surface area is 157 Å². The number of hydrogen-bond acceptors (Lipinski definition) is 4. The molecular weight excluding hydrogens is 346 g/mol. The maximum Gasteiger partial charge on any atom is 0.337 e. The Balaban J connectivity index is 2.12. The number of ether oxygens (including phenoxy) is 2. The van der Waals surface area contributed by atoms with Crippen molar-refractivity contribution < 1.29 is 24.2 Å². The highest BCUT2D eigenvalue weighted by Crippen LogP contribution is 2.28. The first kappa shape index (κ1) is 19.6. The Kier molecular flexibility index (Phi) is 7.03. The molecule has 0 saturated heterocycles. The van der Waals surface area contributed by atoms with Crippen LogP contribution in [0.4, 0.5) is 5.69 Å². The summed E-state index contributed by atoms with van der Waals surface area (Å²) in [5, 5.41) is 11.7. The first-order valence-electron chi connectivity index (χ1n) is 8.07. The van der Waals surface area contributed by atoms with Crippen molar-refractivity contribution in [2.24, 2.45) is 0 Å². The minimum absolute atomic E-state index is 0.0245. The second-order valence-corrected chi connectivity index (χ2v) is 5.30. The molecule has 2 rings (SSSR count). The van der Waals surface area contributed by atoms with Crippen LogP contribution in [-0.2, 0) is 4.79 Å². The molecule has 6 heteroatoms. The van der Waals surface area contributed by atoms with Gasteiger partial charge in [0.25, 0.3) is 0 Å². The molecule has 0 saturated carbocycles. The molecule has 0 bridgehead atoms. The number of carbonyl (C=O) groups is 2. The van der Waals surface area contributed by atoms with Gasteiger partial charge in [0.15, 0.2) is 11.5 Å². The van der Waals surface area contributed by atoms with E-state index in [1.165, 1.54) is 25.3 Å². The van der Waals surface area contributed by atoms with Crippen molar-refractivity contribution in [2.75, 3.05) is 19.0 Å². The molecule has 0 spiro atoms. The van der Waals surface area contributed by atoms with E-state index in [0.29, 0.717) is 11.5 Å². The number of benzene rings is 2. The number of methoxy groups -OCH3 is 1. The molecule has 138 valence electrons. The van der Waals surface area contributed by atoms with E-state index in [-0.39, 0.29) is 17.9 Å². The van der Waals surface area contributed by atoms with Gasteiger partial charge in [0.05, 0.1) is 18.4 Å². The van der Waals surface area contributed by atoms with Crippen LogP contribution in [0, 0.1) is 11.8 Å². The van der Waals surface area contributed by atoms with E-state index in [2.05, 4.69) is 17.2 Å². The lowest BCUT2D eigenvalue weighted by Gasteiger charge is -2.09. The first-order valence-corrected chi connectivity index (χ1v) is 8.07. The zero-order valence-electron chi connectivity index (χ0n) is 15.0. The van der Waals surface area contributed by atoms with E-state index < -0.39 is 11.9 Å². The molecule has 2 aromatic rings. The Morgan fingerprint density at radius 2 is 1.96 bits per heavy atom. The van der Waals surface area contributed by atoms with Gasteiger partial charge in [0.2, 0.25) is 5.91 Å². The summed E-state index contributed by atoms with van der Waals surface area (Å²) < 4.78 is 10.8. The van der Waals surface area contributed by atoms with Crippen LogP contribution in [0.2, 0.25) is 0 Å². The van der Waals surface area contributed by atoms with Crippen molar-refractivity contribution in [3.8, 4) is 23.3 Å². The molecule has 6 nitrogen and oxygen atoms in total. The van der Waals surface area contributed by atoms with Crippen LogP contribution < -0.4 is 14.8 Å². The summed E-state index contributed by atoms with van der Waals surface area (Å²) in [5.74, 6) is 5.06. The van der Waals surface area contributed by atoms with E-state index in [0.717, 1.165) is 5.56 Å². The monoisotopic (exact) mass is 365 g/mol. The van der Waals surface area contributed by atoms with E-state index in [4.69, 9.17) is 14.6 Å². The molecule has 0 unspecified atom stereocenters. The largest absolute Gasteiger partial charge is 0.493 e. The predicted octanol–water partition coefficient (Wildman–Crippen LogP) is 3.45. The summed E-state index contributed by atoms with van der Waals surface area (Å²) in [5.41, 5.74) is 0.977. The van der Waals surface area contributed by atoms with E-state index in [1.54, 1.807) is 43.3 Å². The maximum absolute atomic E-state index is 12.1. The number of aromatic carboxylic acids is 1. The molecule has 0 aliphatic rings. The van der Waals surface area contributed by atoms with Crippen molar-refractivity contribution in [3.63, 3.8) is 0 Å². The Morgan fingerprint density at radius 1 is 1.19 bits per heavy atom. The molecule has 2 aromatic carbocycles. The van der Waals surface area contributed by atoms with E-state index in [1.807, 2.05) is 0 Å². The van der Waals surface area contributed by atoms with Crippen LogP contribution in [0.3, 0.4) is 0 Å². The Morgan fingerprint density at radius 3 is 2.67 bits per heavy atom. The van der Waals surface area contributed by atoms with Gasteiger partial charge in [-0.3, -0.25) is 4.79 Å². The van der Waals surface area contributed by atoms with Crippen molar-refractivity contribution in [1.29, 1.82) is 0 Å². The topological polar surface area (TPSA) is 84.9 Å². The number of amides is 1. The van der Waals surface area contributed by atoms with Gasteiger partial charge >= 0.3 is 5.97 Å². The van der Waals surface area contributed by atoms with Crippen LogP contribution in [0.5, 0.6) is 11.5 Å². The molecule has 0 aliphatic heterocycles. The number of carboxylic acid groups (broad SMARTS) is 1. The van der Waals surface area contributed by atoms with Gasteiger partial charge in [-0.05, 0) is 42.8 Å². The highest BCUT2D eigenvalue weighted by Gasteiger charge is 2.10. The van der Waals surface area contributed by atoms with Crippen molar-refractivity contribution >= 4 is 23.6 Å². The fourth-order valence-corrected chi connectivity index (χ4v) is 2.22. The molecular formula is C21H19NO5. The predicted molar refractivity (Wildman–Crippen MR) is 103 cm³/mol. The van der Waals surface area contributed by atoms with Gasteiger partial charge in [-0.15, -0.1) is 5.92 Å². The summed E-state index contributed by atoms with van der Waals surface area (Å²) in [4.78, 5) is 23.3. The number of nitrogens with one attached hydrogen (secondary N) is 1. The van der Waals surface area contributed by atoms with Crippen LogP contribution in [0.25, 0.3) is 6.08 Å². The van der Waals surface area contributed by atoms with Gasteiger partial charge in [-0.25, -0.2) is 4.79 Å². The molecule has 0 radical (unpaired) electrons. The number of hydrogen-bond donors (Lipinski definition) is 2. The minimum atomic E-state index is -1.11. The van der Waals surface area contributed by atoms with Gasteiger partial charge in [-0.1, -0.05) is 24.1 Å². The second-order valence-electron chi connectivity index (χ2n) is 5.30. The molecule has 1 amide bonds. The third-order valence-electron chi connectivity index (χ3n) is 3.51. The Hall–Kier alpha value is -3.72. The third-order valence-corrected chi connectivity index (χ3v) is 3.51. The molecule has 27 heavy (non-hydrogen) atoms. The van der Waals surface area contributed by atoms with Crippen molar-refractivity contribution in [3.05, 3.63) is 59.7 Å². The molecule has 0 aliphatic carbocycles. The second kappa shape index (κ2) is 9.68. The molecule has 0 fully saturated rings. The third kappa shape index (κ3) is 5.65. The fraction of sp³-hybridized carbons (Fsp3) is 0.143. The Bertz CT molecular complexity index is 922. The number of para-hydroxylation sites is 1. The quantitative estimate of drug-likeness (QED) is 0.580. The standard InChI is InChI=1S/C21H19NO5/c1-3-4-13-27-19-14-15(9-11-18(19)26-2)10-12-20(23)22-17-8-6-5-7-16(17)21(24)25/h5-12,14H,13H2,1-2H3,(H,22,23)(H,24,25)/b12-10+. The molecule has 0 heterocycles. The van der Waals surface area contributed by atoms with Crippen molar-refractivity contribution in [2.45, 2.75) is 6.92 Å². The zero-order chi connectivity index (χ0) is 19.6. The average Bonchev–Trinajstić information content (AvgIpc) is 2.67. The summed E-state index contributed by atoms with van der Waals surface area (Å²) in [6.45, 7) is 1.95. The summed E-state index contributed by atoms with van der Waals surface area (Å²) in [7, 11) is 1.54. The maximum atomic E-state index is 12.1. The first-order chi connectivity index (χ1) is 13.0. The van der Waals surface area contributed by atoms with Gasteiger partial charge in [-0.2, -0.15) is 0 Å². The van der Waals surface area contributed by atoms with Gasteiger partial charge in [0, 0.05) is 6.08 Å². The van der Waals surface area contributed by atoms with Crippen LogP contribution >= 0.6 is 0 Å². The lowest BCUT2D eigenvalue weighted by atomic mass is 10.1. The number of anilines is 1. The lowest BCUT2D eigenvalue weighted by molar-refractivity contribution is -0.111. The van der Waals surface area contributed by atoms with Crippen LogP contribution in [-0.4, -0.2) is 30.7 Å². The zero-order valence-corrected chi connectivity index (χ0v) is 15.0. The highest BCUT2D eigenvalue weighted by molar-refractivity contribution is 6.06. The van der Waals surface area contributed by atoms with Crippen LogP contribution in [0.15, 0.2) is 48.5 Å². The number of carbonyl (C=O) groups excluding carboxylic acids is 1. The molecule has 0 aromatic heterocycles. The number of rotatable bonds is 7. The van der Waals surface area contributed by atoms with E-state index >= 15 is 0 Å². The van der Waals surface area contributed by atoms with Gasteiger partial charge < -0.3 is 19.9 Å². The lowest BCUT2D eigenvalue weighted by Crippen LogP contribution is -2.11. The summed E-state index contributed by atoms with van der Waals surface area (Å²) in [6.07, 6.45) is 2.91. The minimum Gasteiger partial charge on any atom is -0.493 e. The van der Waals surface area contributed by atoms with Gasteiger partial charge in [0.1, 0.15) is 6.61 Å². The van der Waals surface area contributed by atoms with E-state index in [9.17, 15) is 9.59 Å². The SMILES string of the molecule is CC#CCOc1cc(/C=C/C(=O)Nc2ccccc2C(=O)O)ccc1OC. The van der Waals surface area contributed by atoms with Crippen LogP contribution in [0.1, 0.15) is 22.8 Å². The molecule has 0 atom stereocenters. The van der Waals surface area contributed by atoms with Crippen molar-refractivity contribution in [1.82, 2.24) is 0 Å². The number of carboxylic acids is 1. The fourth-order valence-electron chi connectivity index (χ4n) is 2.22. The smallest absolute Gasteiger partial charge is 0.337 e.